The summed E-state index contributed by atoms with van der Waals surface area (Å²) in [5.41, 5.74) is 0.0940. The first-order valence-electron chi connectivity index (χ1n) is 7.38. The lowest BCUT2D eigenvalue weighted by atomic mass is 10.0. The van der Waals surface area contributed by atoms with E-state index < -0.39 is 32.6 Å². The van der Waals surface area contributed by atoms with Crippen molar-refractivity contribution in [1.29, 1.82) is 0 Å². The summed E-state index contributed by atoms with van der Waals surface area (Å²) in [6.45, 7) is 1.69. The van der Waals surface area contributed by atoms with Gasteiger partial charge < -0.3 is 4.98 Å². The minimum absolute atomic E-state index is 0.0940. The Hall–Kier alpha value is -1.80. The third kappa shape index (κ3) is 2.88. The number of H-pyrrole nitrogens is 1. The molecule has 0 amide bonds. The second-order valence-corrected chi connectivity index (χ2v) is 7.49. The first-order valence-corrected chi connectivity index (χ1v) is 8.82. The molecule has 1 aromatic heterocycles. The molecule has 2 aromatic rings. The van der Waals surface area contributed by atoms with Gasteiger partial charge in [-0.2, -0.15) is 4.31 Å². The highest BCUT2D eigenvalue weighted by molar-refractivity contribution is 7.89. The predicted molar refractivity (Wildman–Crippen MR) is 80.2 cm³/mol. The van der Waals surface area contributed by atoms with E-state index >= 15 is 0 Å². The number of piperidine rings is 1. The lowest BCUT2D eigenvalue weighted by Gasteiger charge is -2.33. The molecule has 1 N–H and O–H groups in total. The van der Waals surface area contributed by atoms with Gasteiger partial charge in [0.15, 0.2) is 0 Å². The van der Waals surface area contributed by atoms with E-state index in [1.807, 2.05) is 0 Å². The summed E-state index contributed by atoms with van der Waals surface area (Å²) in [5, 5.41) is 0. The van der Waals surface area contributed by atoms with E-state index in [0.29, 0.717) is 24.7 Å². The number of imidazole rings is 1. The Kier molecular flexibility index (Phi) is 4.20. The number of aromatic amines is 1. The SMILES string of the molecule is Cc1cc(S(=O)(=O)N2CCCC[C@H]2c2ncc[nH]2)c(F)cc1F. The van der Waals surface area contributed by atoms with E-state index in [2.05, 4.69) is 9.97 Å². The highest BCUT2D eigenvalue weighted by Crippen LogP contribution is 2.35. The van der Waals surface area contributed by atoms with Gasteiger partial charge in [0.25, 0.3) is 0 Å². The van der Waals surface area contributed by atoms with Gasteiger partial charge in [-0.15, -0.1) is 0 Å². The Bertz CT molecular complexity index is 806. The normalized spacial score (nSPS) is 19.9. The fourth-order valence-electron chi connectivity index (χ4n) is 2.88. The Labute approximate surface area is 133 Å². The fourth-order valence-corrected chi connectivity index (χ4v) is 4.67. The van der Waals surface area contributed by atoms with E-state index in [1.54, 1.807) is 12.4 Å². The van der Waals surface area contributed by atoms with Gasteiger partial charge in [-0.1, -0.05) is 6.42 Å². The van der Waals surface area contributed by atoms with Crippen LogP contribution < -0.4 is 0 Å². The second-order valence-electron chi connectivity index (χ2n) is 5.63. The molecule has 124 valence electrons. The van der Waals surface area contributed by atoms with E-state index in [4.69, 9.17) is 0 Å². The van der Waals surface area contributed by atoms with Crippen LogP contribution in [0.2, 0.25) is 0 Å². The average Bonchev–Trinajstić information content (AvgIpc) is 3.05. The molecule has 8 heteroatoms. The van der Waals surface area contributed by atoms with Crippen molar-refractivity contribution in [3.05, 3.63) is 47.5 Å². The molecule has 1 aliphatic rings. The van der Waals surface area contributed by atoms with Crippen LogP contribution in [-0.4, -0.2) is 29.2 Å². The zero-order chi connectivity index (χ0) is 16.6. The number of nitrogens with one attached hydrogen (secondary N) is 1. The van der Waals surface area contributed by atoms with E-state index in [-0.39, 0.29) is 12.1 Å². The Morgan fingerprint density at radius 2 is 2.04 bits per heavy atom. The molecule has 0 unspecified atom stereocenters. The van der Waals surface area contributed by atoms with Gasteiger partial charge in [-0.05, 0) is 31.4 Å². The smallest absolute Gasteiger partial charge is 0.246 e. The van der Waals surface area contributed by atoms with Crippen LogP contribution in [0.25, 0.3) is 0 Å². The molecule has 23 heavy (non-hydrogen) atoms. The molecule has 0 aliphatic carbocycles. The topological polar surface area (TPSA) is 66.1 Å². The molecular formula is C15H17F2N3O2S. The van der Waals surface area contributed by atoms with Crippen LogP contribution in [-0.2, 0) is 10.0 Å². The minimum Gasteiger partial charge on any atom is -0.347 e. The molecule has 1 aromatic carbocycles. The number of aromatic nitrogens is 2. The number of aryl methyl sites for hydroxylation is 1. The maximum atomic E-state index is 14.1. The zero-order valence-corrected chi connectivity index (χ0v) is 13.4. The molecule has 1 fully saturated rings. The molecule has 0 bridgehead atoms. The number of benzene rings is 1. The van der Waals surface area contributed by atoms with Crippen LogP contribution in [0.4, 0.5) is 8.78 Å². The van der Waals surface area contributed by atoms with Gasteiger partial charge >= 0.3 is 0 Å². The molecule has 5 nitrogen and oxygen atoms in total. The summed E-state index contributed by atoms with van der Waals surface area (Å²) in [7, 11) is -4.08. The largest absolute Gasteiger partial charge is 0.347 e. The summed E-state index contributed by atoms with van der Waals surface area (Å²) >= 11 is 0. The number of hydrogen-bond acceptors (Lipinski definition) is 3. The maximum absolute atomic E-state index is 14.1. The Morgan fingerprint density at radius 1 is 1.26 bits per heavy atom. The fraction of sp³-hybridized carbons (Fsp3) is 0.400. The van der Waals surface area contributed by atoms with Crippen molar-refractivity contribution >= 4 is 10.0 Å². The van der Waals surface area contributed by atoms with Crippen molar-refractivity contribution in [1.82, 2.24) is 14.3 Å². The molecule has 2 heterocycles. The lowest BCUT2D eigenvalue weighted by Crippen LogP contribution is -2.39. The number of halogens is 2. The monoisotopic (exact) mass is 341 g/mol. The van der Waals surface area contributed by atoms with E-state index in [9.17, 15) is 17.2 Å². The highest BCUT2D eigenvalue weighted by atomic mass is 32.2. The number of sulfonamides is 1. The molecule has 0 spiro atoms. The van der Waals surface area contributed by atoms with Crippen LogP contribution in [0.3, 0.4) is 0 Å². The number of nitrogens with zero attached hydrogens (tertiary/aromatic N) is 2. The van der Waals surface area contributed by atoms with Crippen molar-refractivity contribution in [3.63, 3.8) is 0 Å². The summed E-state index contributed by atoms with van der Waals surface area (Å²) < 4.78 is 54.6. The van der Waals surface area contributed by atoms with Crippen LogP contribution in [0.15, 0.2) is 29.4 Å². The van der Waals surface area contributed by atoms with Crippen LogP contribution >= 0.6 is 0 Å². The van der Waals surface area contributed by atoms with Gasteiger partial charge in [-0.25, -0.2) is 22.2 Å². The third-order valence-electron chi connectivity index (χ3n) is 4.09. The van der Waals surface area contributed by atoms with Crippen molar-refractivity contribution in [3.8, 4) is 0 Å². The average molecular weight is 341 g/mol. The number of rotatable bonds is 3. The predicted octanol–water partition coefficient (Wildman–Crippen LogP) is 2.91. The van der Waals surface area contributed by atoms with Crippen LogP contribution in [0.1, 0.15) is 36.7 Å². The third-order valence-corrected chi connectivity index (χ3v) is 6.01. The van der Waals surface area contributed by atoms with Crippen molar-refractivity contribution in [2.75, 3.05) is 6.54 Å². The van der Waals surface area contributed by atoms with Crippen molar-refractivity contribution in [2.45, 2.75) is 37.1 Å². The van der Waals surface area contributed by atoms with Gasteiger partial charge in [0.2, 0.25) is 10.0 Å². The van der Waals surface area contributed by atoms with Gasteiger partial charge in [0.05, 0.1) is 6.04 Å². The molecule has 0 radical (unpaired) electrons. The van der Waals surface area contributed by atoms with Gasteiger partial charge in [0.1, 0.15) is 22.4 Å². The number of hydrogen-bond donors (Lipinski definition) is 1. The second kappa shape index (κ2) is 6.01. The van der Waals surface area contributed by atoms with E-state index in [1.165, 1.54) is 11.2 Å². The lowest BCUT2D eigenvalue weighted by molar-refractivity contribution is 0.247. The van der Waals surface area contributed by atoms with Crippen LogP contribution in [0.5, 0.6) is 0 Å². The molecule has 1 saturated heterocycles. The zero-order valence-electron chi connectivity index (χ0n) is 12.6. The summed E-state index contributed by atoms with van der Waals surface area (Å²) in [6.07, 6.45) is 5.34. The van der Waals surface area contributed by atoms with Gasteiger partial charge in [-0.3, -0.25) is 0 Å². The Morgan fingerprint density at radius 3 is 2.74 bits per heavy atom. The quantitative estimate of drug-likeness (QED) is 0.933. The van der Waals surface area contributed by atoms with Gasteiger partial charge in [0, 0.05) is 25.0 Å². The highest BCUT2D eigenvalue weighted by Gasteiger charge is 2.37. The first-order chi connectivity index (χ1) is 10.9. The molecule has 1 aliphatic heterocycles. The summed E-state index contributed by atoms with van der Waals surface area (Å²) in [5.74, 6) is -1.30. The first kappa shape index (κ1) is 16.1. The summed E-state index contributed by atoms with van der Waals surface area (Å²) in [6, 6.07) is 1.20. The van der Waals surface area contributed by atoms with Crippen molar-refractivity contribution in [2.24, 2.45) is 0 Å². The molecular weight excluding hydrogens is 324 g/mol. The summed E-state index contributed by atoms with van der Waals surface area (Å²) in [4.78, 5) is 6.57. The minimum atomic E-state index is -4.08. The Balaban J connectivity index is 2.05. The molecule has 1 atom stereocenters. The van der Waals surface area contributed by atoms with Crippen molar-refractivity contribution < 1.29 is 17.2 Å². The van der Waals surface area contributed by atoms with Crippen LogP contribution in [0, 0.1) is 18.6 Å². The molecule has 0 saturated carbocycles. The van der Waals surface area contributed by atoms with E-state index in [0.717, 1.165) is 12.5 Å². The standard InChI is InChI=1S/C15H17F2N3O2S/c1-10-8-14(12(17)9-11(10)16)23(21,22)20-7-3-2-4-13(20)15-18-5-6-19-15/h5-6,8-9,13H,2-4,7H2,1H3,(H,18,19)/t13-/m0/s1. The maximum Gasteiger partial charge on any atom is 0.246 e. The molecule has 3 rings (SSSR count).